The molecule has 12 heavy (non-hydrogen) atoms. The van der Waals surface area contributed by atoms with Gasteiger partial charge >= 0.3 is 0 Å². The number of nitrogens with two attached hydrogens (primary N) is 1. The monoisotopic (exact) mass is 181 g/mol. The molecule has 0 amide bonds. The van der Waals surface area contributed by atoms with Crippen LogP contribution in [0.3, 0.4) is 0 Å². The maximum absolute atomic E-state index is 13.2. The molecule has 0 bridgehead atoms. The van der Waals surface area contributed by atoms with E-state index in [0.29, 0.717) is 11.9 Å². The van der Waals surface area contributed by atoms with E-state index in [0.717, 1.165) is 10.3 Å². The second kappa shape index (κ2) is 2.84. The smallest absolute Gasteiger partial charge is 0.132 e. The predicted octanol–water partition coefficient (Wildman–Crippen LogP) is 2.50. The van der Waals surface area contributed by atoms with Gasteiger partial charge in [-0.15, -0.1) is 11.3 Å². The van der Waals surface area contributed by atoms with E-state index in [9.17, 15) is 4.39 Å². The second-order valence-corrected chi connectivity index (χ2v) is 3.49. The first-order valence-electron chi connectivity index (χ1n) is 3.67. The van der Waals surface area contributed by atoms with Crippen molar-refractivity contribution in [2.24, 2.45) is 5.73 Å². The maximum Gasteiger partial charge on any atom is 0.132 e. The SMILES string of the molecule is NCc1csc2cccc(F)c12. The number of fused-ring (bicyclic) bond motifs is 1. The summed E-state index contributed by atoms with van der Waals surface area (Å²) in [5, 5.41) is 2.60. The maximum atomic E-state index is 13.2. The van der Waals surface area contributed by atoms with Gasteiger partial charge in [-0.05, 0) is 23.1 Å². The number of hydrogen-bond acceptors (Lipinski definition) is 2. The lowest BCUT2D eigenvalue weighted by molar-refractivity contribution is 0.639. The Morgan fingerprint density at radius 2 is 2.25 bits per heavy atom. The summed E-state index contributed by atoms with van der Waals surface area (Å²) in [6.45, 7) is 0.404. The highest BCUT2D eigenvalue weighted by atomic mass is 32.1. The van der Waals surface area contributed by atoms with Crippen LogP contribution in [0.2, 0.25) is 0 Å². The van der Waals surface area contributed by atoms with Crippen LogP contribution >= 0.6 is 11.3 Å². The van der Waals surface area contributed by atoms with Crippen LogP contribution in [0, 0.1) is 5.82 Å². The van der Waals surface area contributed by atoms with Crippen molar-refractivity contribution >= 4 is 21.4 Å². The van der Waals surface area contributed by atoms with Crippen molar-refractivity contribution in [1.29, 1.82) is 0 Å². The van der Waals surface area contributed by atoms with Crippen molar-refractivity contribution in [3.8, 4) is 0 Å². The first kappa shape index (κ1) is 7.71. The first-order valence-corrected chi connectivity index (χ1v) is 4.55. The third-order valence-corrected chi connectivity index (χ3v) is 2.84. The molecule has 0 aliphatic heterocycles. The normalized spacial score (nSPS) is 10.8. The van der Waals surface area contributed by atoms with Crippen molar-refractivity contribution in [2.75, 3.05) is 0 Å². The molecular formula is C9H8FNS. The summed E-state index contributed by atoms with van der Waals surface area (Å²) in [5.41, 5.74) is 6.37. The van der Waals surface area contributed by atoms with Gasteiger partial charge in [0, 0.05) is 16.6 Å². The average Bonchev–Trinajstić information content (AvgIpc) is 2.49. The molecule has 1 aromatic heterocycles. The summed E-state index contributed by atoms with van der Waals surface area (Å²) in [6, 6.07) is 5.09. The van der Waals surface area contributed by atoms with Crippen LogP contribution in [-0.2, 0) is 6.54 Å². The number of rotatable bonds is 1. The summed E-state index contributed by atoms with van der Waals surface area (Å²) >= 11 is 1.53. The fourth-order valence-electron chi connectivity index (χ4n) is 1.26. The lowest BCUT2D eigenvalue weighted by Gasteiger charge is -1.94. The Kier molecular flexibility index (Phi) is 1.83. The van der Waals surface area contributed by atoms with Crippen molar-refractivity contribution in [3.05, 3.63) is 35.0 Å². The highest BCUT2D eigenvalue weighted by Gasteiger charge is 2.06. The van der Waals surface area contributed by atoms with Crippen LogP contribution < -0.4 is 5.73 Å². The first-order chi connectivity index (χ1) is 5.83. The summed E-state index contributed by atoms with van der Waals surface area (Å²) in [7, 11) is 0. The van der Waals surface area contributed by atoms with Gasteiger partial charge in [0.1, 0.15) is 5.82 Å². The zero-order chi connectivity index (χ0) is 8.55. The van der Waals surface area contributed by atoms with E-state index in [4.69, 9.17) is 5.73 Å². The predicted molar refractivity (Wildman–Crippen MR) is 49.7 cm³/mol. The average molecular weight is 181 g/mol. The molecule has 0 saturated carbocycles. The number of halogens is 1. The van der Waals surface area contributed by atoms with E-state index in [1.807, 2.05) is 11.4 Å². The molecule has 0 aliphatic carbocycles. The van der Waals surface area contributed by atoms with E-state index in [1.54, 1.807) is 6.07 Å². The third kappa shape index (κ3) is 1.02. The number of benzene rings is 1. The molecule has 0 aliphatic rings. The fourth-order valence-corrected chi connectivity index (χ4v) is 2.24. The van der Waals surface area contributed by atoms with Crippen molar-refractivity contribution < 1.29 is 4.39 Å². The third-order valence-electron chi connectivity index (χ3n) is 1.84. The minimum absolute atomic E-state index is 0.172. The van der Waals surface area contributed by atoms with E-state index in [1.165, 1.54) is 17.4 Å². The van der Waals surface area contributed by atoms with E-state index in [-0.39, 0.29) is 5.82 Å². The summed E-state index contributed by atoms with van der Waals surface area (Å²) < 4.78 is 14.2. The molecule has 0 fully saturated rings. The second-order valence-electron chi connectivity index (χ2n) is 2.58. The highest BCUT2D eigenvalue weighted by Crippen LogP contribution is 2.27. The minimum atomic E-state index is -0.172. The molecule has 2 rings (SSSR count). The van der Waals surface area contributed by atoms with Gasteiger partial charge in [-0.2, -0.15) is 0 Å². The van der Waals surface area contributed by atoms with Crippen LogP contribution in [0.15, 0.2) is 23.6 Å². The van der Waals surface area contributed by atoms with Crippen LogP contribution in [0.1, 0.15) is 5.56 Å². The molecule has 62 valence electrons. The minimum Gasteiger partial charge on any atom is -0.326 e. The van der Waals surface area contributed by atoms with Gasteiger partial charge in [0.05, 0.1) is 0 Å². The van der Waals surface area contributed by atoms with Crippen molar-refractivity contribution in [3.63, 3.8) is 0 Å². The molecule has 0 unspecified atom stereocenters. The molecule has 1 aromatic carbocycles. The van der Waals surface area contributed by atoms with Gasteiger partial charge in [-0.3, -0.25) is 0 Å². The Morgan fingerprint density at radius 3 is 3.00 bits per heavy atom. The summed E-state index contributed by atoms with van der Waals surface area (Å²) in [6.07, 6.45) is 0. The largest absolute Gasteiger partial charge is 0.326 e. The molecular weight excluding hydrogens is 173 g/mol. The quantitative estimate of drug-likeness (QED) is 0.718. The van der Waals surface area contributed by atoms with E-state index in [2.05, 4.69) is 0 Å². The Labute approximate surface area is 73.6 Å². The van der Waals surface area contributed by atoms with E-state index < -0.39 is 0 Å². The highest BCUT2D eigenvalue weighted by molar-refractivity contribution is 7.17. The lowest BCUT2D eigenvalue weighted by Crippen LogP contribution is -1.94. The van der Waals surface area contributed by atoms with Gasteiger partial charge in [-0.25, -0.2) is 4.39 Å². The summed E-state index contributed by atoms with van der Waals surface area (Å²) in [4.78, 5) is 0. The van der Waals surface area contributed by atoms with Gasteiger partial charge < -0.3 is 5.73 Å². The molecule has 1 nitrogen and oxygen atoms in total. The molecule has 0 saturated heterocycles. The zero-order valence-electron chi connectivity index (χ0n) is 6.38. The van der Waals surface area contributed by atoms with Gasteiger partial charge in [0.2, 0.25) is 0 Å². The Bertz CT molecular complexity index is 408. The number of thiophene rings is 1. The molecule has 0 radical (unpaired) electrons. The zero-order valence-corrected chi connectivity index (χ0v) is 7.20. The van der Waals surface area contributed by atoms with Crippen molar-refractivity contribution in [1.82, 2.24) is 0 Å². The topological polar surface area (TPSA) is 26.0 Å². The standard InChI is InChI=1S/C9H8FNS/c10-7-2-1-3-8-9(7)6(4-11)5-12-8/h1-3,5H,4,11H2. The molecule has 2 N–H and O–H groups in total. The molecule has 2 aromatic rings. The van der Waals surface area contributed by atoms with Gasteiger partial charge in [0.15, 0.2) is 0 Å². The number of hydrogen-bond donors (Lipinski definition) is 1. The Balaban J connectivity index is 2.83. The van der Waals surface area contributed by atoms with Crippen LogP contribution in [0.5, 0.6) is 0 Å². The van der Waals surface area contributed by atoms with Gasteiger partial charge in [-0.1, -0.05) is 6.07 Å². The van der Waals surface area contributed by atoms with Crippen LogP contribution in [-0.4, -0.2) is 0 Å². The van der Waals surface area contributed by atoms with Crippen LogP contribution in [0.4, 0.5) is 4.39 Å². The van der Waals surface area contributed by atoms with Crippen LogP contribution in [0.25, 0.3) is 10.1 Å². The Hall–Kier alpha value is -0.930. The molecule has 1 heterocycles. The molecule has 3 heteroatoms. The lowest BCUT2D eigenvalue weighted by atomic mass is 10.2. The molecule has 0 spiro atoms. The fraction of sp³-hybridized carbons (Fsp3) is 0.111. The summed E-state index contributed by atoms with van der Waals surface area (Å²) in [5.74, 6) is -0.172. The van der Waals surface area contributed by atoms with Gasteiger partial charge in [0.25, 0.3) is 0 Å². The Morgan fingerprint density at radius 1 is 1.42 bits per heavy atom. The van der Waals surface area contributed by atoms with E-state index >= 15 is 0 Å². The molecule has 0 atom stereocenters. The van der Waals surface area contributed by atoms with Crippen molar-refractivity contribution in [2.45, 2.75) is 6.54 Å².